The van der Waals surface area contributed by atoms with Gasteiger partial charge in [-0.25, -0.2) is 0 Å². The fraction of sp³-hybridized carbons (Fsp3) is 1.00. The van der Waals surface area contributed by atoms with Crippen LogP contribution in [0.5, 0.6) is 0 Å². The molecule has 2 heteroatoms. The van der Waals surface area contributed by atoms with Gasteiger partial charge in [-0.1, -0.05) is 13.8 Å². The van der Waals surface area contributed by atoms with Crippen molar-refractivity contribution >= 4 is 0 Å². The number of nitrogens with zero attached hydrogens (tertiary/aromatic N) is 1. The van der Waals surface area contributed by atoms with Gasteiger partial charge in [-0.15, -0.1) is 0 Å². The van der Waals surface area contributed by atoms with E-state index in [1.54, 1.807) is 0 Å². The van der Waals surface area contributed by atoms with Gasteiger partial charge in [-0.2, -0.15) is 0 Å². The Hall–Kier alpha value is -0.0800. The fourth-order valence-electron chi connectivity index (χ4n) is 2.84. The monoisotopic (exact) mass is 210 g/mol. The van der Waals surface area contributed by atoms with Crippen LogP contribution in [0.2, 0.25) is 0 Å². The number of likely N-dealkylation sites (tertiary alicyclic amines) is 1. The molecule has 1 aliphatic heterocycles. The van der Waals surface area contributed by atoms with Crippen molar-refractivity contribution in [1.29, 1.82) is 0 Å². The maximum absolute atomic E-state index is 3.58. The molecule has 2 unspecified atom stereocenters. The van der Waals surface area contributed by atoms with Crippen LogP contribution in [0.15, 0.2) is 0 Å². The summed E-state index contributed by atoms with van der Waals surface area (Å²) in [6, 6.07) is 0. The van der Waals surface area contributed by atoms with Crippen LogP contribution in [0.1, 0.15) is 33.1 Å². The van der Waals surface area contributed by atoms with E-state index in [1.807, 2.05) is 0 Å². The molecule has 0 bridgehead atoms. The molecule has 0 amide bonds. The van der Waals surface area contributed by atoms with Crippen LogP contribution in [0, 0.1) is 17.8 Å². The lowest BCUT2D eigenvalue weighted by atomic mass is 9.92. The van der Waals surface area contributed by atoms with E-state index in [2.05, 4.69) is 24.1 Å². The summed E-state index contributed by atoms with van der Waals surface area (Å²) in [5.41, 5.74) is 0. The minimum Gasteiger partial charge on any atom is -0.315 e. The van der Waals surface area contributed by atoms with E-state index in [9.17, 15) is 0 Å². The van der Waals surface area contributed by atoms with Crippen LogP contribution in [-0.4, -0.2) is 37.6 Å². The molecule has 2 atom stereocenters. The molecule has 0 aromatic heterocycles. The second-order valence-corrected chi connectivity index (χ2v) is 5.85. The zero-order valence-electron chi connectivity index (χ0n) is 10.3. The molecule has 1 saturated heterocycles. The average Bonchev–Trinajstić information content (AvgIpc) is 2.94. The summed E-state index contributed by atoms with van der Waals surface area (Å²) < 4.78 is 0. The van der Waals surface area contributed by atoms with Crippen molar-refractivity contribution < 1.29 is 0 Å². The SMILES string of the molecule is CC1CC(C)CN(CCNCC2CC2)C1. The van der Waals surface area contributed by atoms with Gasteiger partial charge in [-0.3, -0.25) is 0 Å². The molecule has 1 N–H and O–H groups in total. The zero-order valence-corrected chi connectivity index (χ0v) is 10.3. The molecular weight excluding hydrogens is 184 g/mol. The van der Waals surface area contributed by atoms with Crippen LogP contribution in [0.4, 0.5) is 0 Å². The Kier molecular flexibility index (Phi) is 4.04. The van der Waals surface area contributed by atoms with E-state index >= 15 is 0 Å². The molecule has 15 heavy (non-hydrogen) atoms. The van der Waals surface area contributed by atoms with Crippen molar-refractivity contribution in [2.24, 2.45) is 17.8 Å². The molecule has 2 rings (SSSR count). The summed E-state index contributed by atoms with van der Waals surface area (Å²) in [6.45, 7) is 11.1. The molecule has 1 heterocycles. The standard InChI is InChI=1S/C13H26N2/c1-11-7-12(2)10-15(9-11)6-5-14-8-13-3-4-13/h11-14H,3-10H2,1-2H3. The number of nitrogens with one attached hydrogen (secondary N) is 1. The number of hydrogen-bond acceptors (Lipinski definition) is 2. The Bertz CT molecular complexity index is 179. The predicted octanol–water partition coefficient (Wildman–Crippen LogP) is 1.96. The highest BCUT2D eigenvalue weighted by atomic mass is 15.1. The van der Waals surface area contributed by atoms with Crippen molar-refractivity contribution in [2.45, 2.75) is 33.1 Å². The third-order valence-corrected chi connectivity index (χ3v) is 3.68. The predicted molar refractivity (Wildman–Crippen MR) is 65.0 cm³/mol. The molecule has 1 aliphatic carbocycles. The molecule has 0 aromatic rings. The topological polar surface area (TPSA) is 15.3 Å². The Morgan fingerprint density at radius 1 is 1.13 bits per heavy atom. The van der Waals surface area contributed by atoms with Gasteiger partial charge in [-0.05, 0) is 43.6 Å². The van der Waals surface area contributed by atoms with Crippen molar-refractivity contribution in [3.8, 4) is 0 Å². The number of hydrogen-bond donors (Lipinski definition) is 1. The van der Waals surface area contributed by atoms with Gasteiger partial charge in [0.1, 0.15) is 0 Å². The summed E-state index contributed by atoms with van der Waals surface area (Å²) in [6.07, 6.45) is 4.35. The molecule has 2 aliphatic rings. The maximum atomic E-state index is 3.58. The van der Waals surface area contributed by atoms with Crippen LogP contribution >= 0.6 is 0 Å². The zero-order chi connectivity index (χ0) is 10.7. The van der Waals surface area contributed by atoms with Gasteiger partial charge < -0.3 is 10.2 Å². The molecule has 0 spiro atoms. The normalized spacial score (nSPS) is 33.2. The Morgan fingerprint density at radius 2 is 1.80 bits per heavy atom. The molecule has 2 fully saturated rings. The van der Waals surface area contributed by atoms with E-state index in [0.29, 0.717) is 0 Å². The Labute approximate surface area is 94.4 Å². The molecule has 0 radical (unpaired) electrons. The first-order valence-corrected chi connectivity index (χ1v) is 6.67. The third kappa shape index (κ3) is 4.12. The van der Waals surface area contributed by atoms with Gasteiger partial charge in [0.05, 0.1) is 0 Å². The van der Waals surface area contributed by atoms with Crippen LogP contribution < -0.4 is 5.32 Å². The molecule has 2 nitrogen and oxygen atoms in total. The smallest absolute Gasteiger partial charge is 0.0107 e. The highest BCUT2D eigenvalue weighted by Gasteiger charge is 2.22. The second-order valence-electron chi connectivity index (χ2n) is 5.85. The van der Waals surface area contributed by atoms with Crippen molar-refractivity contribution in [3.63, 3.8) is 0 Å². The minimum absolute atomic E-state index is 0.900. The minimum atomic E-state index is 0.900. The lowest BCUT2D eigenvalue weighted by molar-refractivity contribution is 0.142. The second kappa shape index (κ2) is 5.31. The first kappa shape index (κ1) is 11.4. The largest absolute Gasteiger partial charge is 0.315 e. The summed E-state index contributed by atoms with van der Waals surface area (Å²) in [4.78, 5) is 2.64. The Balaban J connectivity index is 1.56. The van der Waals surface area contributed by atoms with Crippen LogP contribution in [0.3, 0.4) is 0 Å². The highest BCUT2D eigenvalue weighted by Crippen LogP contribution is 2.27. The average molecular weight is 210 g/mol. The highest BCUT2D eigenvalue weighted by molar-refractivity contribution is 4.77. The first-order valence-electron chi connectivity index (χ1n) is 6.67. The lowest BCUT2D eigenvalue weighted by Gasteiger charge is -2.34. The van der Waals surface area contributed by atoms with E-state index in [-0.39, 0.29) is 0 Å². The summed E-state index contributed by atoms with van der Waals surface area (Å²) in [7, 11) is 0. The van der Waals surface area contributed by atoms with Crippen molar-refractivity contribution in [1.82, 2.24) is 10.2 Å². The van der Waals surface area contributed by atoms with Gasteiger partial charge >= 0.3 is 0 Å². The van der Waals surface area contributed by atoms with Gasteiger partial charge in [0.2, 0.25) is 0 Å². The van der Waals surface area contributed by atoms with Gasteiger partial charge in [0.25, 0.3) is 0 Å². The third-order valence-electron chi connectivity index (χ3n) is 3.68. The number of piperidine rings is 1. The summed E-state index contributed by atoms with van der Waals surface area (Å²) in [5, 5.41) is 3.58. The van der Waals surface area contributed by atoms with E-state index in [0.717, 1.165) is 17.8 Å². The fourth-order valence-corrected chi connectivity index (χ4v) is 2.84. The maximum Gasteiger partial charge on any atom is 0.0107 e. The van der Waals surface area contributed by atoms with Gasteiger partial charge in [0.15, 0.2) is 0 Å². The lowest BCUT2D eigenvalue weighted by Crippen LogP contribution is -2.42. The Morgan fingerprint density at radius 3 is 2.40 bits per heavy atom. The van der Waals surface area contributed by atoms with E-state index < -0.39 is 0 Å². The van der Waals surface area contributed by atoms with Gasteiger partial charge in [0, 0.05) is 26.2 Å². The quantitative estimate of drug-likeness (QED) is 0.698. The van der Waals surface area contributed by atoms with Crippen LogP contribution in [0.25, 0.3) is 0 Å². The summed E-state index contributed by atoms with van der Waals surface area (Å²) >= 11 is 0. The van der Waals surface area contributed by atoms with E-state index in [4.69, 9.17) is 0 Å². The molecule has 88 valence electrons. The molecule has 0 aromatic carbocycles. The van der Waals surface area contributed by atoms with E-state index in [1.165, 1.54) is 52.0 Å². The van der Waals surface area contributed by atoms with Crippen LogP contribution in [-0.2, 0) is 0 Å². The first-order chi connectivity index (χ1) is 7.24. The number of rotatable bonds is 5. The molecule has 1 saturated carbocycles. The van der Waals surface area contributed by atoms with Crippen molar-refractivity contribution in [3.05, 3.63) is 0 Å². The molecular formula is C13H26N2. The van der Waals surface area contributed by atoms with Crippen molar-refractivity contribution in [2.75, 3.05) is 32.7 Å². The summed E-state index contributed by atoms with van der Waals surface area (Å²) in [5.74, 6) is 2.82.